The van der Waals surface area contributed by atoms with Gasteiger partial charge in [-0.25, -0.2) is 13.1 Å². The third-order valence-electron chi connectivity index (χ3n) is 5.19. The quantitative estimate of drug-likeness (QED) is 0.789. The SMILES string of the molecule is Cc1noc(C)c1S(=O)(=O)N1CC(Cn2nc3c(cc2=O)CCCC3)C1. The van der Waals surface area contributed by atoms with Crippen molar-refractivity contribution in [2.24, 2.45) is 5.92 Å². The zero-order chi connectivity index (χ0) is 18.5. The monoisotopic (exact) mass is 378 g/mol. The fourth-order valence-corrected chi connectivity index (χ4v) is 5.67. The molecule has 0 bridgehead atoms. The molecule has 0 amide bonds. The molecule has 26 heavy (non-hydrogen) atoms. The number of nitrogens with zero attached hydrogens (tertiary/aromatic N) is 4. The van der Waals surface area contributed by atoms with Crippen LogP contribution in [0.2, 0.25) is 0 Å². The lowest BCUT2D eigenvalue weighted by atomic mass is 9.97. The van der Waals surface area contributed by atoms with Crippen molar-refractivity contribution in [1.29, 1.82) is 0 Å². The van der Waals surface area contributed by atoms with Crippen LogP contribution < -0.4 is 5.56 Å². The Balaban J connectivity index is 1.47. The van der Waals surface area contributed by atoms with E-state index in [0.717, 1.165) is 36.9 Å². The molecule has 0 saturated carbocycles. The minimum absolute atomic E-state index is 0.0806. The average molecular weight is 378 g/mol. The number of sulfonamides is 1. The minimum Gasteiger partial charge on any atom is -0.360 e. The zero-order valence-electron chi connectivity index (χ0n) is 14.9. The third-order valence-corrected chi connectivity index (χ3v) is 7.27. The lowest BCUT2D eigenvalue weighted by Crippen LogP contribution is -2.52. The molecule has 0 spiro atoms. The summed E-state index contributed by atoms with van der Waals surface area (Å²) >= 11 is 0. The predicted octanol–water partition coefficient (Wildman–Crippen LogP) is 1.05. The Morgan fingerprint density at radius 3 is 2.65 bits per heavy atom. The first-order valence-corrected chi connectivity index (χ1v) is 10.3. The van der Waals surface area contributed by atoms with Crippen LogP contribution in [0.1, 0.15) is 35.6 Å². The highest BCUT2D eigenvalue weighted by molar-refractivity contribution is 7.89. The van der Waals surface area contributed by atoms with Crippen molar-refractivity contribution >= 4 is 10.0 Å². The van der Waals surface area contributed by atoms with E-state index in [1.165, 1.54) is 8.99 Å². The van der Waals surface area contributed by atoms with Gasteiger partial charge in [0.25, 0.3) is 5.56 Å². The number of fused-ring (bicyclic) bond motifs is 1. The van der Waals surface area contributed by atoms with Gasteiger partial charge < -0.3 is 4.52 Å². The molecule has 0 N–H and O–H groups in total. The lowest BCUT2D eigenvalue weighted by molar-refractivity contribution is 0.172. The minimum atomic E-state index is -3.60. The van der Waals surface area contributed by atoms with Crippen molar-refractivity contribution < 1.29 is 12.9 Å². The predicted molar refractivity (Wildman–Crippen MR) is 93.4 cm³/mol. The Morgan fingerprint density at radius 2 is 1.96 bits per heavy atom. The maximum atomic E-state index is 12.7. The summed E-state index contributed by atoms with van der Waals surface area (Å²) in [6, 6.07) is 1.69. The second-order valence-corrected chi connectivity index (χ2v) is 9.06. The summed E-state index contributed by atoms with van der Waals surface area (Å²) in [6.45, 7) is 4.41. The molecular weight excluding hydrogens is 356 g/mol. The van der Waals surface area contributed by atoms with Crippen molar-refractivity contribution in [3.8, 4) is 0 Å². The molecular formula is C17H22N4O4S. The number of rotatable bonds is 4. The van der Waals surface area contributed by atoms with Gasteiger partial charge in [0.2, 0.25) is 10.0 Å². The standard InChI is InChI=1S/C17H22N4O4S/c1-11-17(12(2)25-19-11)26(23,24)20-8-13(9-20)10-21-16(22)7-14-5-3-4-6-15(14)18-21/h7,13H,3-6,8-10H2,1-2H3. The summed E-state index contributed by atoms with van der Waals surface area (Å²) in [6.07, 6.45) is 4.04. The number of hydrogen-bond donors (Lipinski definition) is 0. The van der Waals surface area contributed by atoms with Crippen LogP contribution in [0.15, 0.2) is 20.3 Å². The Morgan fingerprint density at radius 1 is 1.23 bits per heavy atom. The van der Waals surface area contributed by atoms with Crippen LogP contribution in [-0.4, -0.2) is 40.7 Å². The molecule has 1 fully saturated rings. The van der Waals surface area contributed by atoms with Crippen molar-refractivity contribution in [1.82, 2.24) is 19.2 Å². The van der Waals surface area contributed by atoms with Crippen LogP contribution in [-0.2, 0) is 29.4 Å². The Kier molecular flexibility index (Phi) is 4.23. The highest BCUT2D eigenvalue weighted by atomic mass is 32.2. The van der Waals surface area contributed by atoms with Crippen LogP contribution in [0.4, 0.5) is 0 Å². The van der Waals surface area contributed by atoms with E-state index in [9.17, 15) is 13.2 Å². The zero-order valence-corrected chi connectivity index (χ0v) is 15.8. The van der Waals surface area contributed by atoms with Crippen molar-refractivity contribution in [2.45, 2.75) is 51.0 Å². The molecule has 0 unspecified atom stereocenters. The summed E-state index contributed by atoms with van der Waals surface area (Å²) in [4.78, 5) is 12.4. The molecule has 0 atom stereocenters. The molecule has 4 rings (SSSR count). The molecule has 1 saturated heterocycles. The molecule has 0 aromatic carbocycles. The van der Waals surface area contributed by atoms with Crippen molar-refractivity contribution in [2.75, 3.05) is 13.1 Å². The Labute approximate surface area is 151 Å². The largest absolute Gasteiger partial charge is 0.360 e. The average Bonchev–Trinajstić information content (AvgIpc) is 2.90. The molecule has 8 nitrogen and oxygen atoms in total. The van der Waals surface area contributed by atoms with Crippen LogP contribution in [0.25, 0.3) is 0 Å². The van der Waals surface area contributed by atoms with Crippen LogP contribution in [0.5, 0.6) is 0 Å². The van der Waals surface area contributed by atoms with Gasteiger partial charge in [0, 0.05) is 25.1 Å². The van der Waals surface area contributed by atoms with Crippen LogP contribution in [0.3, 0.4) is 0 Å². The topological polar surface area (TPSA) is 98.3 Å². The summed E-state index contributed by atoms with van der Waals surface area (Å²) in [7, 11) is -3.60. The first kappa shape index (κ1) is 17.4. The molecule has 0 radical (unpaired) electrons. The second-order valence-electron chi connectivity index (χ2n) is 7.19. The molecule has 140 valence electrons. The van der Waals surface area contributed by atoms with E-state index in [2.05, 4.69) is 10.3 Å². The van der Waals surface area contributed by atoms with E-state index in [1.54, 1.807) is 19.9 Å². The van der Waals surface area contributed by atoms with Gasteiger partial charge in [-0.2, -0.15) is 9.40 Å². The molecule has 2 aliphatic rings. The second kappa shape index (κ2) is 6.31. The summed E-state index contributed by atoms with van der Waals surface area (Å²) < 4.78 is 33.3. The highest BCUT2D eigenvalue weighted by Crippen LogP contribution is 2.29. The van der Waals surface area contributed by atoms with E-state index in [4.69, 9.17) is 4.52 Å². The summed E-state index contributed by atoms with van der Waals surface area (Å²) in [5, 5.41) is 8.24. The van der Waals surface area contributed by atoms with Gasteiger partial charge in [-0.3, -0.25) is 4.79 Å². The molecule has 2 aromatic heterocycles. The van der Waals surface area contributed by atoms with Gasteiger partial charge in [-0.1, -0.05) is 5.16 Å². The van der Waals surface area contributed by atoms with E-state index in [0.29, 0.717) is 31.1 Å². The Hall–Kier alpha value is -2.00. The normalized spacial score (nSPS) is 18.5. The van der Waals surface area contributed by atoms with Gasteiger partial charge in [0.1, 0.15) is 10.6 Å². The first-order valence-electron chi connectivity index (χ1n) is 8.89. The van der Waals surface area contributed by atoms with Crippen molar-refractivity contribution in [3.05, 3.63) is 39.1 Å². The maximum Gasteiger partial charge on any atom is 0.267 e. The van der Waals surface area contributed by atoms with Crippen molar-refractivity contribution in [3.63, 3.8) is 0 Å². The van der Waals surface area contributed by atoms with E-state index in [-0.39, 0.29) is 16.4 Å². The molecule has 1 aliphatic heterocycles. The van der Waals surface area contributed by atoms with Gasteiger partial charge in [-0.15, -0.1) is 0 Å². The summed E-state index contributed by atoms with van der Waals surface area (Å²) in [5.41, 5.74) is 2.35. The highest BCUT2D eigenvalue weighted by Gasteiger charge is 2.40. The first-order chi connectivity index (χ1) is 12.4. The maximum absolute atomic E-state index is 12.7. The summed E-state index contributed by atoms with van der Waals surface area (Å²) in [5.74, 6) is 0.385. The van der Waals surface area contributed by atoms with Gasteiger partial charge in [0.15, 0.2) is 5.76 Å². The fraction of sp³-hybridized carbons (Fsp3) is 0.588. The van der Waals surface area contributed by atoms with Crippen LogP contribution in [0, 0.1) is 19.8 Å². The van der Waals surface area contributed by atoms with Crippen LogP contribution >= 0.6 is 0 Å². The third kappa shape index (κ3) is 2.88. The van der Waals surface area contributed by atoms with E-state index < -0.39 is 10.0 Å². The smallest absolute Gasteiger partial charge is 0.267 e. The molecule has 2 aromatic rings. The van der Waals surface area contributed by atoms with E-state index >= 15 is 0 Å². The fourth-order valence-electron chi connectivity index (χ4n) is 3.78. The molecule has 9 heteroatoms. The molecule has 1 aliphatic carbocycles. The lowest BCUT2D eigenvalue weighted by Gasteiger charge is -2.37. The number of aromatic nitrogens is 3. The van der Waals surface area contributed by atoms with Gasteiger partial charge >= 0.3 is 0 Å². The van der Waals surface area contributed by atoms with Gasteiger partial charge in [-0.05, 0) is 45.1 Å². The number of aryl methyl sites for hydroxylation is 4. The Bertz CT molecular complexity index is 983. The molecule has 3 heterocycles. The van der Waals surface area contributed by atoms with Gasteiger partial charge in [0.05, 0.1) is 12.2 Å². The number of hydrogen-bond acceptors (Lipinski definition) is 6. The van der Waals surface area contributed by atoms with E-state index in [1.807, 2.05) is 0 Å².